The summed E-state index contributed by atoms with van der Waals surface area (Å²) in [6, 6.07) is 0. The number of aliphatic hydroxyl groups is 1. The van der Waals surface area contributed by atoms with Gasteiger partial charge in [-0.05, 0) is 50.7 Å². The minimum Gasteiger partial charge on any atom is -0.393 e. The van der Waals surface area contributed by atoms with Crippen molar-refractivity contribution in [2.45, 2.75) is 78.7 Å². The summed E-state index contributed by atoms with van der Waals surface area (Å²) >= 11 is 0. The molecule has 1 fully saturated rings. The molecule has 2 atom stereocenters. The molecule has 0 radical (unpaired) electrons. The van der Waals surface area contributed by atoms with Gasteiger partial charge >= 0.3 is 0 Å². The predicted octanol–water partition coefficient (Wildman–Crippen LogP) is 4.04. The van der Waals surface area contributed by atoms with Crippen LogP contribution < -0.4 is 11.1 Å². The number of aromatic nitrogens is 4. The van der Waals surface area contributed by atoms with E-state index < -0.39 is 0 Å². The second-order valence-corrected chi connectivity index (χ2v) is 10.5. The number of allylic oxidation sites excluding steroid dienone is 3. The SMILES string of the molecule is C=CC(=O)N1CCC(C(=O)CC(=C/C)/C=C(\C)CN)C1.CCCC(O)CCNc1ncn2ncc(C(C)C)c2n1. The molecule has 0 spiro atoms. The van der Waals surface area contributed by atoms with E-state index in [-0.39, 0.29) is 23.7 Å². The highest BCUT2D eigenvalue weighted by atomic mass is 16.3. The molecule has 0 aromatic carbocycles. The van der Waals surface area contributed by atoms with Crippen LogP contribution in [0.5, 0.6) is 0 Å². The van der Waals surface area contributed by atoms with Gasteiger partial charge in [0.25, 0.3) is 0 Å². The van der Waals surface area contributed by atoms with E-state index in [4.69, 9.17) is 5.73 Å². The second kappa shape index (κ2) is 16.7. The van der Waals surface area contributed by atoms with Crippen LogP contribution in [0.25, 0.3) is 5.65 Å². The highest BCUT2D eigenvalue weighted by Crippen LogP contribution is 2.22. The largest absolute Gasteiger partial charge is 0.393 e. The van der Waals surface area contributed by atoms with Gasteiger partial charge in [0.2, 0.25) is 11.9 Å². The lowest BCUT2D eigenvalue weighted by Crippen LogP contribution is -2.28. The molecule has 3 rings (SSSR count). The number of hydrogen-bond donors (Lipinski definition) is 3. The first-order valence-corrected chi connectivity index (χ1v) is 14.2. The Hall–Kier alpha value is -3.37. The van der Waals surface area contributed by atoms with Crippen molar-refractivity contribution in [3.05, 3.63) is 54.0 Å². The molecule has 2 aromatic rings. The van der Waals surface area contributed by atoms with Crippen molar-refractivity contribution < 1.29 is 14.7 Å². The number of amides is 1. The van der Waals surface area contributed by atoms with E-state index in [0.29, 0.717) is 50.9 Å². The number of nitrogens with one attached hydrogen (secondary N) is 1. The normalized spacial score (nSPS) is 16.6. The molecule has 1 amide bonds. The molecule has 0 aliphatic carbocycles. The number of carbonyl (C=O) groups excluding carboxylic acids is 2. The van der Waals surface area contributed by atoms with Crippen LogP contribution in [0, 0.1) is 5.92 Å². The number of ketones is 1. The van der Waals surface area contributed by atoms with E-state index >= 15 is 0 Å². The molecular formula is C30H47N7O3. The molecule has 4 N–H and O–H groups in total. The number of Topliss-reactive ketones (excluding diaryl/α,β-unsaturated/α-hetero) is 1. The maximum atomic E-state index is 12.3. The predicted molar refractivity (Wildman–Crippen MR) is 160 cm³/mol. The van der Waals surface area contributed by atoms with Crippen LogP contribution in [0.2, 0.25) is 0 Å². The third kappa shape index (κ3) is 9.98. The average molecular weight is 554 g/mol. The van der Waals surface area contributed by atoms with Crippen molar-refractivity contribution in [2.24, 2.45) is 11.7 Å². The summed E-state index contributed by atoms with van der Waals surface area (Å²) in [5.74, 6) is 1.01. The van der Waals surface area contributed by atoms with E-state index in [1.165, 1.54) is 6.08 Å². The van der Waals surface area contributed by atoms with Gasteiger partial charge in [0.1, 0.15) is 12.1 Å². The Morgan fingerprint density at radius 3 is 2.70 bits per heavy atom. The maximum Gasteiger partial charge on any atom is 0.245 e. The number of likely N-dealkylation sites (tertiary alicyclic amines) is 1. The number of carbonyl (C=O) groups is 2. The van der Waals surface area contributed by atoms with Gasteiger partial charge in [0.15, 0.2) is 5.65 Å². The third-order valence-electron chi connectivity index (χ3n) is 6.94. The molecule has 10 nitrogen and oxygen atoms in total. The zero-order valence-electron chi connectivity index (χ0n) is 24.8. The van der Waals surface area contributed by atoms with E-state index in [1.54, 1.807) is 15.7 Å². The molecule has 10 heteroatoms. The fourth-order valence-electron chi connectivity index (χ4n) is 4.44. The number of hydrogen-bond acceptors (Lipinski definition) is 8. The first-order valence-electron chi connectivity index (χ1n) is 14.2. The third-order valence-corrected chi connectivity index (χ3v) is 6.94. The zero-order valence-corrected chi connectivity index (χ0v) is 24.8. The highest BCUT2D eigenvalue weighted by molar-refractivity contribution is 5.89. The number of fused-ring (bicyclic) bond motifs is 1. The van der Waals surface area contributed by atoms with Gasteiger partial charge in [-0.3, -0.25) is 9.59 Å². The summed E-state index contributed by atoms with van der Waals surface area (Å²) in [6.07, 6.45) is 12.2. The number of anilines is 1. The van der Waals surface area contributed by atoms with Crippen LogP contribution in [0.1, 0.15) is 78.2 Å². The molecular weight excluding hydrogens is 506 g/mol. The lowest BCUT2D eigenvalue weighted by atomic mass is 9.96. The lowest BCUT2D eigenvalue weighted by Gasteiger charge is -2.14. The molecule has 1 saturated heterocycles. The van der Waals surface area contributed by atoms with Crippen molar-refractivity contribution in [3.63, 3.8) is 0 Å². The fourth-order valence-corrected chi connectivity index (χ4v) is 4.44. The average Bonchev–Trinajstić information content (AvgIpc) is 3.60. The molecule has 220 valence electrons. The molecule has 2 unspecified atom stereocenters. The Morgan fingerprint density at radius 1 is 1.32 bits per heavy atom. The minimum atomic E-state index is -0.252. The van der Waals surface area contributed by atoms with Crippen molar-refractivity contribution >= 4 is 23.3 Å². The van der Waals surface area contributed by atoms with Crippen molar-refractivity contribution in [3.8, 4) is 0 Å². The number of nitrogens with zero attached hydrogens (tertiary/aromatic N) is 5. The first kappa shape index (κ1) is 32.8. The van der Waals surface area contributed by atoms with Gasteiger partial charge in [-0.15, -0.1) is 0 Å². The summed E-state index contributed by atoms with van der Waals surface area (Å²) in [7, 11) is 0. The Kier molecular flexibility index (Phi) is 13.7. The topological polar surface area (TPSA) is 139 Å². The van der Waals surface area contributed by atoms with E-state index in [2.05, 4.69) is 47.7 Å². The Labute approximate surface area is 238 Å². The first-order chi connectivity index (χ1) is 19.1. The molecule has 3 heterocycles. The van der Waals surface area contributed by atoms with Crippen LogP contribution in [0.3, 0.4) is 0 Å². The van der Waals surface area contributed by atoms with Crippen LogP contribution >= 0.6 is 0 Å². The summed E-state index contributed by atoms with van der Waals surface area (Å²) in [4.78, 5) is 34.2. The van der Waals surface area contributed by atoms with Gasteiger partial charge in [0.05, 0.1) is 12.3 Å². The molecule has 2 aromatic heterocycles. The number of nitrogens with two attached hydrogens (primary N) is 1. The number of rotatable bonds is 13. The summed E-state index contributed by atoms with van der Waals surface area (Å²) in [5, 5.41) is 17.1. The molecule has 1 aliphatic heterocycles. The van der Waals surface area contributed by atoms with Gasteiger partial charge in [-0.2, -0.15) is 10.1 Å². The van der Waals surface area contributed by atoms with E-state index in [1.807, 2.05) is 32.2 Å². The van der Waals surface area contributed by atoms with E-state index in [0.717, 1.165) is 41.6 Å². The van der Waals surface area contributed by atoms with Crippen LogP contribution in [0.15, 0.2) is 48.5 Å². The summed E-state index contributed by atoms with van der Waals surface area (Å²) in [6.45, 7) is 16.0. The Balaban J connectivity index is 0.000000280. The summed E-state index contributed by atoms with van der Waals surface area (Å²) < 4.78 is 1.69. The standard InChI is InChI=1S/C16H24N2O2.C14H23N5O/c1-4-13(8-12(3)10-17)9-15(19)14-6-7-18(11-14)16(20)5-2;1-4-5-11(20)6-7-15-14-16-9-19-13(18-14)12(8-17-19)10(2)3/h4-5,8,14H,2,6-7,9-11,17H2,1,3H3;8-11,20H,4-7H2,1-3H3,(H,15,18)/b12-8+,13-4+;. The van der Waals surface area contributed by atoms with E-state index in [9.17, 15) is 14.7 Å². The fraction of sp³-hybridized carbons (Fsp3) is 0.567. The zero-order chi connectivity index (χ0) is 29.7. The second-order valence-electron chi connectivity index (χ2n) is 10.5. The summed E-state index contributed by atoms with van der Waals surface area (Å²) in [5.41, 5.74) is 9.56. The van der Waals surface area contributed by atoms with Gasteiger partial charge in [-0.1, -0.05) is 51.5 Å². The van der Waals surface area contributed by atoms with Crippen LogP contribution in [-0.4, -0.2) is 73.6 Å². The van der Waals surface area contributed by atoms with Crippen molar-refractivity contribution in [1.29, 1.82) is 0 Å². The Bertz CT molecular complexity index is 1190. The molecule has 40 heavy (non-hydrogen) atoms. The van der Waals surface area contributed by atoms with Gasteiger partial charge in [0, 0.05) is 44.1 Å². The Morgan fingerprint density at radius 2 is 2.08 bits per heavy atom. The maximum absolute atomic E-state index is 12.3. The quantitative estimate of drug-likeness (QED) is 0.249. The monoisotopic (exact) mass is 553 g/mol. The molecule has 0 bridgehead atoms. The van der Waals surface area contributed by atoms with Crippen LogP contribution in [-0.2, 0) is 9.59 Å². The van der Waals surface area contributed by atoms with Crippen molar-refractivity contribution in [2.75, 3.05) is 31.5 Å². The smallest absolute Gasteiger partial charge is 0.245 e. The molecule has 1 aliphatic rings. The minimum absolute atomic E-state index is 0.0552. The van der Waals surface area contributed by atoms with Gasteiger partial charge in [-0.25, -0.2) is 9.50 Å². The lowest BCUT2D eigenvalue weighted by molar-refractivity contribution is -0.125. The van der Waals surface area contributed by atoms with Crippen LogP contribution in [0.4, 0.5) is 5.95 Å². The van der Waals surface area contributed by atoms with Crippen molar-refractivity contribution in [1.82, 2.24) is 24.5 Å². The molecule has 0 saturated carbocycles. The number of aliphatic hydroxyl groups excluding tert-OH is 1. The van der Waals surface area contributed by atoms with Gasteiger partial charge < -0.3 is 21.1 Å². The highest BCUT2D eigenvalue weighted by Gasteiger charge is 2.29.